The number of anilines is 1. The number of hydrogen-bond donors (Lipinski definition) is 0. The van der Waals surface area contributed by atoms with E-state index >= 15 is 0 Å². The van der Waals surface area contributed by atoms with Crippen LogP contribution in [0.5, 0.6) is 0 Å². The number of carbonyl (C=O) groups is 2. The Kier molecular flexibility index (Phi) is 4.26. The molecule has 0 unspecified atom stereocenters. The highest BCUT2D eigenvalue weighted by Crippen LogP contribution is 2.33. The topological polar surface area (TPSA) is 106 Å². The highest BCUT2D eigenvalue weighted by atomic mass is 32.2. The maximum atomic E-state index is 12.5. The van der Waals surface area contributed by atoms with Gasteiger partial charge in [0, 0.05) is 30.4 Å². The minimum absolute atomic E-state index is 0.0395. The van der Waals surface area contributed by atoms with Gasteiger partial charge in [-0.2, -0.15) is 0 Å². The Balaban J connectivity index is 1.80. The Labute approximate surface area is 141 Å². The number of nitrogens with zero attached hydrogens (tertiary/aromatic N) is 4. The standard InChI is InChI=1S/C15H12N4O4S/c1-9-6-7-16-15(17-9)24-12-8-13(20)18(14(12)21)10-2-4-11(5-3-10)19(22)23/h2-7,12H,8H2,1H3/t12-/m1/s1. The number of amides is 2. The number of nitro benzene ring substituents is 1. The van der Waals surface area contributed by atoms with Gasteiger partial charge in [-0.1, -0.05) is 11.8 Å². The number of aromatic nitrogens is 2. The van der Waals surface area contributed by atoms with Crippen molar-refractivity contribution in [3.05, 3.63) is 52.3 Å². The van der Waals surface area contributed by atoms with E-state index in [1.807, 2.05) is 6.92 Å². The van der Waals surface area contributed by atoms with Crippen LogP contribution in [0.25, 0.3) is 0 Å². The highest BCUT2D eigenvalue weighted by molar-refractivity contribution is 8.00. The van der Waals surface area contributed by atoms with Gasteiger partial charge in [0.25, 0.3) is 5.69 Å². The number of rotatable bonds is 4. The Bertz CT molecular complexity index is 824. The van der Waals surface area contributed by atoms with Crippen LogP contribution in [0.15, 0.2) is 41.7 Å². The molecule has 8 nitrogen and oxygen atoms in total. The summed E-state index contributed by atoms with van der Waals surface area (Å²) in [4.78, 5) is 44.2. The number of benzene rings is 1. The van der Waals surface area contributed by atoms with Crippen molar-refractivity contribution >= 4 is 35.0 Å². The van der Waals surface area contributed by atoms with Crippen LogP contribution in [0.2, 0.25) is 0 Å². The van der Waals surface area contributed by atoms with E-state index in [1.165, 1.54) is 24.3 Å². The zero-order valence-electron chi connectivity index (χ0n) is 12.6. The van der Waals surface area contributed by atoms with E-state index in [1.54, 1.807) is 12.3 Å². The molecule has 1 aromatic carbocycles. The SMILES string of the molecule is Cc1ccnc(S[C@@H]2CC(=O)N(c3ccc([N+](=O)[O-])cc3)C2=O)n1. The fourth-order valence-electron chi connectivity index (χ4n) is 2.30. The van der Waals surface area contributed by atoms with Gasteiger partial charge < -0.3 is 0 Å². The number of non-ortho nitro benzene ring substituents is 1. The fourth-order valence-corrected chi connectivity index (χ4v) is 3.31. The summed E-state index contributed by atoms with van der Waals surface area (Å²) in [5.74, 6) is -0.719. The molecule has 3 rings (SSSR count). The van der Waals surface area contributed by atoms with Gasteiger partial charge >= 0.3 is 0 Å². The third-order valence-corrected chi connectivity index (χ3v) is 4.50. The number of imide groups is 1. The van der Waals surface area contributed by atoms with Gasteiger partial charge in [0.05, 0.1) is 10.6 Å². The number of carbonyl (C=O) groups excluding carboxylic acids is 2. The van der Waals surface area contributed by atoms with Crippen molar-refractivity contribution in [3.63, 3.8) is 0 Å². The molecule has 0 aliphatic carbocycles. The normalized spacial score (nSPS) is 17.4. The molecule has 1 aromatic heterocycles. The number of aryl methyl sites for hydroxylation is 1. The zero-order valence-corrected chi connectivity index (χ0v) is 13.4. The van der Waals surface area contributed by atoms with E-state index in [4.69, 9.17) is 0 Å². The van der Waals surface area contributed by atoms with Gasteiger partial charge in [0.1, 0.15) is 5.25 Å². The average Bonchev–Trinajstić information content (AvgIpc) is 2.81. The van der Waals surface area contributed by atoms with Crippen molar-refractivity contribution in [1.29, 1.82) is 0 Å². The molecule has 1 saturated heterocycles. The van der Waals surface area contributed by atoms with Crippen molar-refractivity contribution in [2.75, 3.05) is 4.90 Å². The number of hydrogen-bond acceptors (Lipinski definition) is 7. The van der Waals surface area contributed by atoms with Gasteiger partial charge in [-0.05, 0) is 25.1 Å². The van der Waals surface area contributed by atoms with E-state index in [9.17, 15) is 19.7 Å². The second-order valence-electron chi connectivity index (χ2n) is 5.13. The van der Waals surface area contributed by atoms with Crippen LogP contribution in [-0.2, 0) is 9.59 Å². The Hall–Kier alpha value is -2.81. The highest BCUT2D eigenvalue weighted by Gasteiger charge is 2.40. The van der Waals surface area contributed by atoms with Crippen LogP contribution in [-0.4, -0.2) is 32.0 Å². The van der Waals surface area contributed by atoms with E-state index in [-0.39, 0.29) is 23.9 Å². The molecule has 9 heteroatoms. The Morgan fingerprint density at radius 2 is 1.96 bits per heavy atom. The lowest BCUT2D eigenvalue weighted by Gasteiger charge is -2.14. The van der Waals surface area contributed by atoms with E-state index in [2.05, 4.69) is 9.97 Å². The molecule has 0 saturated carbocycles. The summed E-state index contributed by atoms with van der Waals surface area (Å²) in [6.07, 6.45) is 1.64. The summed E-state index contributed by atoms with van der Waals surface area (Å²) in [5.41, 5.74) is 0.997. The zero-order chi connectivity index (χ0) is 17.3. The molecule has 1 aliphatic rings. The molecule has 0 radical (unpaired) electrons. The lowest BCUT2D eigenvalue weighted by atomic mass is 10.2. The molecule has 24 heavy (non-hydrogen) atoms. The van der Waals surface area contributed by atoms with Gasteiger partial charge in [0.15, 0.2) is 5.16 Å². The van der Waals surface area contributed by atoms with Gasteiger partial charge in [-0.25, -0.2) is 14.9 Å². The third kappa shape index (κ3) is 3.11. The first-order valence-electron chi connectivity index (χ1n) is 7.03. The van der Waals surface area contributed by atoms with E-state index in [0.717, 1.165) is 22.4 Å². The summed E-state index contributed by atoms with van der Waals surface area (Å²) < 4.78 is 0. The average molecular weight is 344 g/mol. The summed E-state index contributed by atoms with van der Waals surface area (Å²) in [6.45, 7) is 1.82. The van der Waals surface area contributed by atoms with Crippen LogP contribution in [0.4, 0.5) is 11.4 Å². The molecule has 2 amide bonds. The fraction of sp³-hybridized carbons (Fsp3) is 0.200. The predicted octanol–water partition coefficient (Wildman–Crippen LogP) is 2.12. The Morgan fingerprint density at radius 1 is 1.25 bits per heavy atom. The first-order chi connectivity index (χ1) is 11.5. The molecular weight excluding hydrogens is 332 g/mol. The molecule has 0 N–H and O–H groups in total. The second kappa shape index (κ2) is 6.36. The van der Waals surface area contributed by atoms with Crippen LogP contribution in [0, 0.1) is 17.0 Å². The van der Waals surface area contributed by atoms with Crippen LogP contribution < -0.4 is 4.90 Å². The predicted molar refractivity (Wildman–Crippen MR) is 86.6 cm³/mol. The second-order valence-corrected chi connectivity index (χ2v) is 6.30. The number of nitro groups is 1. The van der Waals surface area contributed by atoms with Gasteiger partial charge in [0.2, 0.25) is 11.8 Å². The molecule has 2 aromatic rings. The maximum Gasteiger partial charge on any atom is 0.269 e. The summed E-state index contributed by atoms with van der Waals surface area (Å²) in [6, 6.07) is 7.06. The molecule has 2 heterocycles. The smallest absolute Gasteiger partial charge is 0.269 e. The summed E-state index contributed by atoms with van der Waals surface area (Å²) in [7, 11) is 0. The lowest BCUT2D eigenvalue weighted by molar-refractivity contribution is -0.384. The molecule has 1 fully saturated rings. The first kappa shape index (κ1) is 16.1. The number of thioether (sulfide) groups is 1. The van der Waals surface area contributed by atoms with Crippen molar-refractivity contribution in [2.45, 2.75) is 23.8 Å². The lowest BCUT2D eigenvalue weighted by Crippen LogP contribution is -2.31. The van der Waals surface area contributed by atoms with Crippen molar-refractivity contribution in [3.8, 4) is 0 Å². The van der Waals surface area contributed by atoms with Crippen molar-refractivity contribution < 1.29 is 14.5 Å². The maximum absolute atomic E-state index is 12.5. The van der Waals surface area contributed by atoms with Gasteiger partial charge in [-0.15, -0.1) is 0 Å². The first-order valence-corrected chi connectivity index (χ1v) is 7.91. The van der Waals surface area contributed by atoms with Gasteiger partial charge in [-0.3, -0.25) is 19.7 Å². The Morgan fingerprint density at radius 3 is 2.58 bits per heavy atom. The minimum atomic E-state index is -0.602. The minimum Gasteiger partial charge on any atom is -0.274 e. The van der Waals surface area contributed by atoms with Crippen LogP contribution in [0.1, 0.15) is 12.1 Å². The molecular formula is C15H12N4O4S. The van der Waals surface area contributed by atoms with E-state index < -0.39 is 10.2 Å². The molecule has 122 valence electrons. The molecule has 1 atom stereocenters. The summed E-state index contributed by atoms with van der Waals surface area (Å²) in [5, 5.41) is 10.5. The van der Waals surface area contributed by atoms with Crippen molar-refractivity contribution in [2.24, 2.45) is 0 Å². The largest absolute Gasteiger partial charge is 0.274 e. The van der Waals surface area contributed by atoms with Crippen LogP contribution >= 0.6 is 11.8 Å². The monoisotopic (exact) mass is 344 g/mol. The van der Waals surface area contributed by atoms with Crippen LogP contribution in [0.3, 0.4) is 0 Å². The third-order valence-electron chi connectivity index (χ3n) is 3.44. The molecule has 1 aliphatic heterocycles. The quantitative estimate of drug-likeness (QED) is 0.362. The van der Waals surface area contributed by atoms with Crippen molar-refractivity contribution in [1.82, 2.24) is 9.97 Å². The molecule has 0 spiro atoms. The molecule has 0 bridgehead atoms. The van der Waals surface area contributed by atoms with E-state index in [0.29, 0.717) is 10.8 Å². The summed E-state index contributed by atoms with van der Waals surface area (Å²) >= 11 is 1.14.